The first-order chi connectivity index (χ1) is 7.15. The van der Waals surface area contributed by atoms with Crippen LogP contribution in [0.4, 0.5) is 43.9 Å². The van der Waals surface area contributed by atoms with E-state index in [4.69, 9.17) is 0 Å². The molecule has 1 aliphatic rings. The van der Waals surface area contributed by atoms with Crippen molar-refractivity contribution in [2.24, 2.45) is 0 Å². The second-order valence-corrected chi connectivity index (χ2v) is 3.35. The van der Waals surface area contributed by atoms with E-state index in [0.717, 1.165) is 0 Å². The molecule has 1 aliphatic carbocycles. The van der Waals surface area contributed by atoms with Gasteiger partial charge < -0.3 is 5.11 Å². The molecule has 0 amide bonds. The van der Waals surface area contributed by atoms with E-state index in [1.807, 2.05) is 0 Å². The lowest BCUT2D eigenvalue weighted by molar-refractivity contribution is -0.576. The summed E-state index contributed by atoms with van der Waals surface area (Å²) in [4.78, 5) is 0. The first-order valence-electron chi connectivity index (χ1n) is 3.70. The van der Waals surface area contributed by atoms with Crippen LogP contribution < -0.4 is 5.11 Å². The summed E-state index contributed by atoms with van der Waals surface area (Å²) in [5.74, 6) is -33.8. The Labute approximate surface area is 86.0 Å². The zero-order valence-corrected chi connectivity index (χ0v) is 7.27. The molecule has 0 heterocycles. The molecular weight excluding hydrogens is 278 g/mol. The number of alkyl halides is 10. The first kappa shape index (κ1) is 14.3. The van der Waals surface area contributed by atoms with Gasteiger partial charge in [-0.25, -0.2) is 17.6 Å². The van der Waals surface area contributed by atoms with Gasteiger partial charge in [0.15, 0.2) is 0 Å². The fourth-order valence-corrected chi connectivity index (χ4v) is 1.17. The molecule has 0 aromatic carbocycles. The topological polar surface area (TPSA) is 23.1 Å². The Morgan fingerprint density at radius 3 is 1.00 bits per heavy atom. The van der Waals surface area contributed by atoms with Crippen molar-refractivity contribution in [1.29, 1.82) is 0 Å². The molecule has 1 nitrogen and oxygen atoms in total. The van der Waals surface area contributed by atoms with Crippen LogP contribution in [-0.2, 0) is 0 Å². The zero-order chi connectivity index (χ0) is 14.1. The van der Waals surface area contributed by atoms with Crippen molar-refractivity contribution in [2.45, 2.75) is 35.7 Å². The number of hydrogen-bond acceptors (Lipinski definition) is 1. The van der Waals surface area contributed by atoms with Crippen LogP contribution in [0.1, 0.15) is 0 Å². The third kappa shape index (κ3) is 1.20. The largest absolute Gasteiger partial charge is 0.843 e. The average Bonchev–Trinajstić information content (AvgIpc) is 2.13. The second kappa shape index (κ2) is 2.98. The summed E-state index contributed by atoms with van der Waals surface area (Å²) >= 11 is 0. The molecule has 0 aliphatic heterocycles. The molecule has 0 saturated heterocycles. The Bertz CT molecular complexity index is 304. The zero-order valence-electron chi connectivity index (χ0n) is 7.27. The van der Waals surface area contributed by atoms with E-state index in [9.17, 15) is 49.0 Å². The van der Waals surface area contributed by atoms with Crippen molar-refractivity contribution in [3.8, 4) is 0 Å². The lowest BCUT2D eigenvalue weighted by atomic mass is 9.80. The molecule has 1 rings (SSSR count). The molecule has 1 saturated carbocycles. The molecule has 0 aromatic rings. The summed E-state index contributed by atoms with van der Waals surface area (Å²) < 4.78 is 123. The van der Waals surface area contributed by atoms with Crippen molar-refractivity contribution in [3.63, 3.8) is 0 Å². The minimum absolute atomic E-state index is 5.18. The van der Waals surface area contributed by atoms with Gasteiger partial charge in [0, 0.05) is 6.10 Å². The van der Waals surface area contributed by atoms with Crippen LogP contribution in [0.15, 0.2) is 0 Å². The van der Waals surface area contributed by atoms with Crippen molar-refractivity contribution in [1.82, 2.24) is 0 Å². The predicted molar refractivity (Wildman–Crippen MR) is 28.5 cm³/mol. The Balaban J connectivity index is 3.56. The van der Waals surface area contributed by atoms with Crippen molar-refractivity contribution >= 4 is 0 Å². The summed E-state index contributed by atoms with van der Waals surface area (Å²) in [5, 5.41) is 10.2. The summed E-state index contributed by atoms with van der Waals surface area (Å²) in [6.45, 7) is 0. The standard InChI is InChI=1S/C6HF10O/c7-2(8)1(17)3(9,10)5(13,14)6(15,16)4(2,11)12/h1H/q-1. The molecule has 0 unspecified atom stereocenters. The van der Waals surface area contributed by atoms with Crippen LogP contribution >= 0.6 is 0 Å². The lowest BCUT2D eigenvalue weighted by Gasteiger charge is -2.52. The van der Waals surface area contributed by atoms with Gasteiger partial charge in [-0.15, -0.1) is 0 Å². The Hall–Kier alpha value is -0.740. The Morgan fingerprint density at radius 2 is 0.765 bits per heavy atom. The number of hydrogen-bond donors (Lipinski definition) is 0. The van der Waals surface area contributed by atoms with E-state index >= 15 is 0 Å². The van der Waals surface area contributed by atoms with Crippen LogP contribution in [0.3, 0.4) is 0 Å². The third-order valence-corrected chi connectivity index (χ3v) is 2.28. The fourth-order valence-electron chi connectivity index (χ4n) is 1.17. The second-order valence-electron chi connectivity index (χ2n) is 3.35. The van der Waals surface area contributed by atoms with Crippen LogP contribution in [0.5, 0.6) is 0 Å². The van der Waals surface area contributed by atoms with Crippen LogP contribution in [0.2, 0.25) is 0 Å². The van der Waals surface area contributed by atoms with Gasteiger partial charge in [0.1, 0.15) is 0 Å². The Morgan fingerprint density at radius 1 is 0.529 bits per heavy atom. The van der Waals surface area contributed by atoms with E-state index in [1.165, 1.54) is 0 Å². The number of halogens is 10. The predicted octanol–water partition coefficient (Wildman–Crippen LogP) is 1.91. The van der Waals surface area contributed by atoms with E-state index in [2.05, 4.69) is 0 Å². The smallest absolute Gasteiger partial charge is 0.384 e. The van der Waals surface area contributed by atoms with Gasteiger partial charge in [0.2, 0.25) is 0 Å². The van der Waals surface area contributed by atoms with Gasteiger partial charge >= 0.3 is 29.6 Å². The maximum atomic E-state index is 12.4. The maximum absolute atomic E-state index is 12.4. The van der Waals surface area contributed by atoms with Crippen LogP contribution in [0, 0.1) is 0 Å². The normalized spacial score (nSPS) is 33.4. The maximum Gasteiger partial charge on any atom is 0.384 e. The SMILES string of the molecule is [O-]C1C(F)(F)C(F)(F)C(F)(F)C(F)(F)C1(F)F. The van der Waals surface area contributed by atoms with Gasteiger partial charge in [0.05, 0.1) is 0 Å². The molecule has 17 heavy (non-hydrogen) atoms. The highest BCUT2D eigenvalue weighted by atomic mass is 19.4. The van der Waals surface area contributed by atoms with E-state index in [1.54, 1.807) is 0 Å². The quantitative estimate of drug-likeness (QED) is 0.621. The van der Waals surface area contributed by atoms with Crippen molar-refractivity contribution in [3.05, 3.63) is 0 Å². The van der Waals surface area contributed by atoms with Gasteiger partial charge in [-0.2, -0.15) is 26.3 Å². The van der Waals surface area contributed by atoms with E-state index in [0.29, 0.717) is 0 Å². The van der Waals surface area contributed by atoms with Gasteiger partial charge in [-0.3, -0.25) is 0 Å². The minimum atomic E-state index is -7.05. The van der Waals surface area contributed by atoms with Crippen LogP contribution in [0.25, 0.3) is 0 Å². The minimum Gasteiger partial charge on any atom is -0.843 e. The lowest BCUT2D eigenvalue weighted by Crippen LogP contribution is -2.82. The first-order valence-corrected chi connectivity index (χ1v) is 3.70. The Kier molecular flexibility index (Phi) is 2.51. The fraction of sp³-hybridized carbons (Fsp3) is 1.00. The van der Waals surface area contributed by atoms with Gasteiger partial charge in [-0.05, 0) is 0 Å². The molecule has 0 aromatic heterocycles. The third-order valence-electron chi connectivity index (χ3n) is 2.28. The molecular formula is C6HF10O-. The number of rotatable bonds is 0. The summed E-state index contributed by atoms with van der Waals surface area (Å²) in [5.41, 5.74) is 0. The summed E-state index contributed by atoms with van der Waals surface area (Å²) in [7, 11) is 0. The van der Waals surface area contributed by atoms with Crippen LogP contribution in [-0.4, -0.2) is 35.7 Å². The molecule has 11 heteroatoms. The highest BCUT2D eigenvalue weighted by Crippen LogP contribution is 2.63. The van der Waals surface area contributed by atoms with Gasteiger partial charge in [-0.1, -0.05) is 0 Å². The van der Waals surface area contributed by atoms with E-state index in [-0.39, 0.29) is 0 Å². The molecule has 102 valence electrons. The molecule has 1 fully saturated rings. The van der Waals surface area contributed by atoms with Crippen molar-refractivity contribution in [2.75, 3.05) is 0 Å². The highest BCUT2D eigenvalue weighted by molar-refractivity contribution is 5.19. The van der Waals surface area contributed by atoms with E-state index < -0.39 is 35.7 Å². The van der Waals surface area contributed by atoms with Crippen molar-refractivity contribution < 1.29 is 49.0 Å². The average molecular weight is 279 g/mol. The molecule has 0 bridgehead atoms. The summed E-state index contributed by atoms with van der Waals surface area (Å²) in [6.07, 6.45) is -5.18. The van der Waals surface area contributed by atoms with Gasteiger partial charge in [0.25, 0.3) is 0 Å². The monoisotopic (exact) mass is 279 g/mol. The molecule has 0 radical (unpaired) electrons. The molecule has 0 N–H and O–H groups in total. The molecule has 0 spiro atoms. The molecule has 0 atom stereocenters. The highest BCUT2D eigenvalue weighted by Gasteiger charge is 2.92. The summed E-state index contributed by atoms with van der Waals surface area (Å²) in [6, 6.07) is 0.